The van der Waals surface area contributed by atoms with Crippen LogP contribution in [0.25, 0.3) is 0 Å². The predicted molar refractivity (Wildman–Crippen MR) is 34.6 cm³/mol. The Morgan fingerprint density at radius 2 is 2.25 bits per heavy atom. The summed E-state index contributed by atoms with van der Waals surface area (Å²) in [6, 6.07) is -0.990. The predicted octanol–water partition coefficient (Wildman–Crippen LogP) is -3.26. The lowest BCUT2D eigenvalue weighted by molar-refractivity contribution is -0.306. The molecule has 0 aliphatic carbocycles. The van der Waals surface area contributed by atoms with Crippen molar-refractivity contribution < 1.29 is 19.5 Å². The first-order chi connectivity index (χ1) is 5.59. The van der Waals surface area contributed by atoms with Gasteiger partial charge < -0.3 is 20.5 Å². The summed E-state index contributed by atoms with van der Waals surface area (Å²) in [4.78, 5) is 31.6. The molecule has 1 heterocycles. The molecule has 1 rings (SSSR count). The Morgan fingerprint density at radius 3 is 2.83 bits per heavy atom. The third-order valence-electron chi connectivity index (χ3n) is 1.45. The van der Waals surface area contributed by atoms with Gasteiger partial charge in [-0.3, -0.25) is 9.59 Å². The van der Waals surface area contributed by atoms with E-state index < -0.39 is 24.3 Å². The van der Waals surface area contributed by atoms with Crippen molar-refractivity contribution in [2.45, 2.75) is 12.5 Å². The molecular formula is C6H7N2O4-. The van der Waals surface area contributed by atoms with Gasteiger partial charge in [-0.15, -0.1) is 0 Å². The van der Waals surface area contributed by atoms with Gasteiger partial charge in [0.25, 0.3) is 0 Å². The number of aliphatic carboxylic acids is 1. The van der Waals surface area contributed by atoms with E-state index >= 15 is 0 Å². The number of hydrogen-bond acceptors (Lipinski definition) is 4. The van der Waals surface area contributed by atoms with E-state index in [-0.39, 0.29) is 12.5 Å². The van der Waals surface area contributed by atoms with Crippen LogP contribution in [0.1, 0.15) is 6.42 Å². The van der Waals surface area contributed by atoms with Crippen molar-refractivity contribution in [3.63, 3.8) is 0 Å². The molecule has 0 saturated carbocycles. The van der Waals surface area contributed by atoms with E-state index in [4.69, 9.17) is 0 Å². The molecule has 6 nitrogen and oxygen atoms in total. The van der Waals surface area contributed by atoms with Gasteiger partial charge >= 0.3 is 0 Å². The lowest BCUT2D eigenvalue weighted by Gasteiger charge is -2.23. The summed E-state index contributed by atoms with van der Waals surface area (Å²) in [7, 11) is 0. The topological polar surface area (TPSA) is 98.3 Å². The highest BCUT2D eigenvalue weighted by Crippen LogP contribution is 1.94. The average Bonchev–Trinajstić information content (AvgIpc) is 1.96. The number of rotatable bonds is 2. The lowest BCUT2D eigenvalue weighted by Crippen LogP contribution is -2.57. The summed E-state index contributed by atoms with van der Waals surface area (Å²) in [6.45, 7) is -0.0949. The Bertz CT molecular complexity index is 236. The molecule has 0 radical (unpaired) electrons. The van der Waals surface area contributed by atoms with E-state index in [0.29, 0.717) is 0 Å². The molecular weight excluding hydrogens is 164 g/mol. The zero-order chi connectivity index (χ0) is 9.14. The van der Waals surface area contributed by atoms with Crippen LogP contribution in [0.15, 0.2) is 0 Å². The number of hydrogen-bond donors (Lipinski definition) is 2. The van der Waals surface area contributed by atoms with E-state index in [1.54, 1.807) is 0 Å². The standard InChI is InChI=1S/C6H8N2O4/c9-4-2-7-6(12)3(8-4)1-5(10)11/h3H,1-2H2,(H,7,12)(H,8,9)(H,10,11)/p-1/t3-/m0/s1. The van der Waals surface area contributed by atoms with Crippen LogP contribution in [0, 0.1) is 0 Å². The fourth-order valence-electron chi connectivity index (χ4n) is 0.912. The van der Waals surface area contributed by atoms with Crippen molar-refractivity contribution >= 4 is 17.8 Å². The lowest BCUT2D eigenvalue weighted by atomic mass is 10.1. The average molecular weight is 171 g/mol. The van der Waals surface area contributed by atoms with Crippen LogP contribution in [-0.4, -0.2) is 30.4 Å². The zero-order valence-corrected chi connectivity index (χ0v) is 6.12. The highest BCUT2D eigenvalue weighted by Gasteiger charge is 2.25. The number of carbonyl (C=O) groups excluding carboxylic acids is 3. The Morgan fingerprint density at radius 1 is 1.58 bits per heavy atom. The first-order valence-electron chi connectivity index (χ1n) is 3.36. The molecule has 1 fully saturated rings. The second-order valence-corrected chi connectivity index (χ2v) is 2.41. The quantitative estimate of drug-likeness (QED) is 0.455. The number of carboxylic acids is 1. The van der Waals surface area contributed by atoms with Gasteiger partial charge in [0.2, 0.25) is 11.8 Å². The van der Waals surface area contributed by atoms with Gasteiger partial charge in [0, 0.05) is 12.4 Å². The van der Waals surface area contributed by atoms with Crippen LogP contribution >= 0.6 is 0 Å². The van der Waals surface area contributed by atoms with Gasteiger partial charge in [-0.05, 0) is 0 Å². The smallest absolute Gasteiger partial charge is 0.243 e. The monoisotopic (exact) mass is 171 g/mol. The zero-order valence-electron chi connectivity index (χ0n) is 6.12. The van der Waals surface area contributed by atoms with E-state index in [9.17, 15) is 19.5 Å². The normalized spacial score (nSPS) is 22.8. The third kappa shape index (κ3) is 1.94. The molecule has 1 aliphatic rings. The first-order valence-corrected chi connectivity index (χ1v) is 3.36. The van der Waals surface area contributed by atoms with Gasteiger partial charge in [0.15, 0.2) is 0 Å². The molecule has 12 heavy (non-hydrogen) atoms. The van der Waals surface area contributed by atoms with E-state index in [1.165, 1.54) is 0 Å². The van der Waals surface area contributed by atoms with Crippen molar-refractivity contribution in [3.8, 4) is 0 Å². The molecule has 0 aromatic heterocycles. The van der Waals surface area contributed by atoms with Gasteiger partial charge in [0.05, 0.1) is 6.54 Å². The van der Waals surface area contributed by atoms with Crippen molar-refractivity contribution in [1.29, 1.82) is 0 Å². The van der Waals surface area contributed by atoms with Crippen LogP contribution in [-0.2, 0) is 14.4 Å². The molecule has 1 aliphatic heterocycles. The molecule has 0 bridgehead atoms. The third-order valence-corrected chi connectivity index (χ3v) is 1.45. The van der Waals surface area contributed by atoms with E-state index in [2.05, 4.69) is 10.6 Å². The number of nitrogens with one attached hydrogen (secondary N) is 2. The summed E-state index contributed by atoms with van der Waals surface area (Å²) < 4.78 is 0. The molecule has 2 amide bonds. The van der Waals surface area contributed by atoms with Gasteiger partial charge in [-0.2, -0.15) is 0 Å². The summed E-state index contributed by atoms with van der Waals surface area (Å²) in [6.07, 6.45) is -0.489. The second-order valence-electron chi connectivity index (χ2n) is 2.41. The first kappa shape index (κ1) is 8.51. The SMILES string of the molecule is O=C([O-])C[C@@H]1NC(=O)CNC1=O. The van der Waals surface area contributed by atoms with Crippen LogP contribution < -0.4 is 15.7 Å². The van der Waals surface area contributed by atoms with Crippen LogP contribution in [0.5, 0.6) is 0 Å². The summed E-state index contributed by atoms with van der Waals surface area (Å²) in [5.41, 5.74) is 0. The second kappa shape index (κ2) is 3.21. The molecule has 6 heteroatoms. The highest BCUT2D eigenvalue weighted by molar-refractivity contribution is 5.96. The fourth-order valence-corrected chi connectivity index (χ4v) is 0.912. The van der Waals surface area contributed by atoms with E-state index in [1.807, 2.05) is 0 Å². The number of amides is 2. The molecule has 0 unspecified atom stereocenters. The molecule has 0 spiro atoms. The van der Waals surface area contributed by atoms with Gasteiger partial charge in [-0.25, -0.2) is 0 Å². The van der Waals surface area contributed by atoms with E-state index in [0.717, 1.165) is 0 Å². The number of carbonyl (C=O) groups is 3. The molecule has 1 saturated heterocycles. The minimum absolute atomic E-state index is 0.0949. The molecule has 0 aromatic rings. The maximum absolute atomic E-state index is 10.9. The molecule has 0 aromatic carbocycles. The summed E-state index contributed by atoms with van der Waals surface area (Å²) >= 11 is 0. The summed E-state index contributed by atoms with van der Waals surface area (Å²) in [5, 5.41) is 14.5. The van der Waals surface area contributed by atoms with Crippen LogP contribution in [0.4, 0.5) is 0 Å². The maximum Gasteiger partial charge on any atom is 0.243 e. The minimum Gasteiger partial charge on any atom is -0.550 e. The minimum atomic E-state index is -1.36. The molecule has 2 N–H and O–H groups in total. The Balaban J connectivity index is 2.55. The van der Waals surface area contributed by atoms with Gasteiger partial charge in [0.1, 0.15) is 6.04 Å². The number of piperazine rings is 1. The van der Waals surface area contributed by atoms with Crippen molar-refractivity contribution in [2.24, 2.45) is 0 Å². The maximum atomic E-state index is 10.9. The molecule has 66 valence electrons. The van der Waals surface area contributed by atoms with Crippen molar-refractivity contribution in [1.82, 2.24) is 10.6 Å². The Labute approximate surface area is 67.9 Å². The summed E-state index contributed by atoms with van der Waals surface area (Å²) in [5.74, 6) is -2.24. The van der Waals surface area contributed by atoms with Gasteiger partial charge in [-0.1, -0.05) is 0 Å². The van der Waals surface area contributed by atoms with Crippen LogP contribution in [0.2, 0.25) is 0 Å². The molecule has 1 atom stereocenters. The fraction of sp³-hybridized carbons (Fsp3) is 0.500. The largest absolute Gasteiger partial charge is 0.550 e. The van der Waals surface area contributed by atoms with Crippen molar-refractivity contribution in [2.75, 3.05) is 6.54 Å². The number of carboxylic acid groups (broad SMARTS) is 1. The highest BCUT2D eigenvalue weighted by atomic mass is 16.4. The Hall–Kier alpha value is -1.59. The van der Waals surface area contributed by atoms with Crippen LogP contribution in [0.3, 0.4) is 0 Å². The van der Waals surface area contributed by atoms with Crippen molar-refractivity contribution in [3.05, 3.63) is 0 Å². The Kier molecular flexibility index (Phi) is 2.27.